The normalized spacial score (nSPS) is 10.2. The topological polar surface area (TPSA) is 41.6 Å². The lowest BCUT2D eigenvalue weighted by molar-refractivity contribution is 0.622. The standard InChI is InChI=1S/C13H12FN3/c1-9-10(2)17(8-16-9)7-11-3-4-13(14)12(5-11)6-15/h3-5,8H,7H2,1-2H3. The molecule has 0 unspecified atom stereocenters. The lowest BCUT2D eigenvalue weighted by atomic mass is 10.1. The Hall–Kier alpha value is -2.15. The number of aromatic nitrogens is 2. The van der Waals surface area contributed by atoms with E-state index < -0.39 is 5.82 Å². The van der Waals surface area contributed by atoms with E-state index in [0.29, 0.717) is 6.54 Å². The first kappa shape index (κ1) is 11.3. The Bertz CT molecular complexity index is 593. The molecule has 0 fully saturated rings. The summed E-state index contributed by atoms with van der Waals surface area (Å²) in [6.07, 6.45) is 1.75. The van der Waals surface area contributed by atoms with Crippen LogP contribution in [0.5, 0.6) is 0 Å². The summed E-state index contributed by atoms with van der Waals surface area (Å²) < 4.78 is 15.1. The molecular formula is C13H12FN3. The monoisotopic (exact) mass is 229 g/mol. The van der Waals surface area contributed by atoms with Crippen molar-refractivity contribution >= 4 is 0 Å². The van der Waals surface area contributed by atoms with Crippen molar-refractivity contribution in [1.82, 2.24) is 9.55 Å². The van der Waals surface area contributed by atoms with Crippen LogP contribution in [0.3, 0.4) is 0 Å². The molecule has 2 aromatic rings. The molecule has 0 radical (unpaired) electrons. The second kappa shape index (κ2) is 4.38. The van der Waals surface area contributed by atoms with Gasteiger partial charge in [-0.2, -0.15) is 5.26 Å². The predicted molar refractivity (Wildman–Crippen MR) is 61.9 cm³/mol. The highest BCUT2D eigenvalue weighted by molar-refractivity contribution is 5.34. The zero-order valence-corrected chi connectivity index (χ0v) is 9.74. The summed E-state index contributed by atoms with van der Waals surface area (Å²) in [5.41, 5.74) is 3.03. The molecule has 0 atom stereocenters. The van der Waals surface area contributed by atoms with Crippen molar-refractivity contribution in [2.45, 2.75) is 20.4 Å². The maximum atomic E-state index is 13.2. The van der Waals surface area contributed by atoms with Crippen molar-refractivity contribution < 1.29 is 4.39 Å². The van der Waals surface area contributed by atoms with E-state index in [1.54, 1.807) is 18.5 Å². The largest absolute Gasteiger partial charge is 0.330 e. The number of halogens is 1. The molecule has 1 aromatic carbocycles. The molecule has 0 spiro atoms. The molecule has 0 saturated carbocycles. The Labute approximate surface area is 99.1 Å². The van der Waals surface area contributed by atoms with Crippen molar-refractivity contribution in [2.75, 3.05) is 0 Å². The van der Waals surface area contributed by atoms with Crippen LogP contribution in [0.15, 0.2) is 24.5 Å². The number of hydrogen-bond acceptors (Lipinski definition) is 2. The molecule has 3 nitrogen and oxygen atoms in total. The smallest absolute Gasteiger partial charge is 0.140 e. The van der Waals surface area contributed by atoms with Gasteiger partial charge in [-0.1, -0.05) is 6.07 Å². The maximum Gasteiger partial charge on any atom is 0.140 e. The van der Waals surface area contributed by atoms with Crippen molar-refractivity contribution in [1.29, 1.82) is 5.26 Å². The second-order valence-corrected chi connectivity index (χ2v) is 3.97. The van der Waals surface area contributed by atoms with Gasteiger partial charge in [0, 0.05) is 12.2 Å². The SMILES string of the molecule is Cc1ncn(Cc2ccc(F)c(C#N)c2)c1C. The molecule has 0 amide bonds. The zero-order valence-electron chi connectivity index (χ0n) is 9.74. The number of nitriles is 1. The lowest BCUT2D eigenvalue weighted by Gasteiger charge is -2.06. The highest BCUT2D eigenvalue weighted by Gasteiger charge is 2.06. The van der Waals surface area contributed by atoms with Gasteiger partial charge in [-0.05, 0) is 31.5 Å². The fraction of sp³-hybridized carbons (Fsp3) is 0.231. The molecule has 4 heteroatoms. The third-order valence-corrected chi connectivity index (χ3v) is 2.85. The molecule has 1 aromatic heterocycles. The van der Waals surface area contributed by atoms with E-state index in [0.717, 1.165) is 17.0 Å². The average molecular weight is 229 g/mol. The molecule has 0 aliphatic rings. The molecule has 0 aliphatic heterocycles. The Morgan fingerprint density at radius 1 is 1.41 bits per heavy atom. The summed E-state index contributed by atoms with van der Waals surface area (Å²) in [5.74, 6) is -0.477. The highest BCUT2D eigenvalue weighted by Crippen LogP contribution is 2.13. The molecule has 0 bridgehead atoms. The van der Waals surface area contributed by atoms with Gasteiger partial charge in [-0.15, -0.1) is 0 Å². The Balaban J connectivity index is 2.31. The third-order valence-electron chi connectivity index (χ3n) is 2.85. The van der Waals surface area contributed by atoms with Crippen molar-refractivity contribution in [3.05, 3.63) is 52.9 Å². The van der Waals surface area contributed by atoms with Crippen LogP contribution in [0, 0.1) is 31.0 Å². The molecule has 17 heavy (non-hydrogen) atoms. The first-order chi connectivity index (χ1) is 8.11. The lowest BCUT2D eigenvalue weighted by Crippen LogP contribution is -2.01. The molecule has 0 aliphatic carbocycles. The summed E-state index contributed by atoms with van der Waals surface area (Å²) in [6, 6.07) is 6.43. The van der Waals surface area contributed by atoms with E-state index in [1.165, 1.54) is 6.07 Å². The van der Waals surface area contributed by atoms with Crippen molar-refractivity contribution in [2.24, 2.45) is 0 Å². The summed E-state index contributed by atoms with van der Waals surface area (Å²) in [6.45, 7) is 4.52. The van der Waals surface area contributed by atoms with Gasteiger partial charge in [0.15, 0.2) is 0 Å². The highest BCUT2D eigenvalue weighted by atomic mass is 19.1. The van der Waals surface area contributed by atoms with Crippen LogP contribution in [-0.2, 0) is 6.54 Å². The number of imidazole rings is 1. The summed E-state index contributed by atoms with van der Waals surface area (Å²) >= 11 is 0. The molecule has 0 saturated heterocycles. The van der Waals surface area contributed by atoms with Gasteiger partial charge in [0.2, 0.25) is 0 Å². The number of aryl methyl sites for hydroxylation is 1. The van der Waals surface area contributed by atoms with Crippen LogP contribution in [0.1, 0.15) is 22.5 Å². The van der Waals surface area contributed by atoms with E-state index in [-0.39, 0.29) is 5.56 Å². The Kier molecular flexibility index (Phi) is 2.92. The first-order valence-electron chi connectivity index (χ1n) is 5.28. The number of hydrogen-bond donors (Lipinski definition) is 0. The number of nitrogens with zero attached hydrogens (tertiary/aromatic N) is 3. The zero-order chi connectivity index (χ0) is 12.4. The van der Waals surface area contributed by atoms with Gasteiger partial charge in [0.05, 0.1) is 17.6 Å². The molecule has 0 N–H and O–H groups in total. The van der Waals surface area contributed by atoms with E-state index in [9.17, 15) is 4.39 Å². The molecular weight excluding hydrogens is 217 g/mol. The summed E-state index contributed by atoms with van der Waals surface area (Å²) in [7, 11) is 0. The summed E-state index contributed by atoms with van der Waals surface area (Å²) in [4.78, 5) is 4.20. The molecule has 2 rings (SSSR count). The Morgan fingerprint density at radius 3 is 2.76 bits per heavy atom. The van der Waals surface area contributed by atoms with Crippen molar-refractivity contribution in [3.8, 4) is 6.07 Å². The third kappa shape index (κ3) is 2.18. The van der Waals surface area contributed by atoms with Gasteiger partial charge in [0.25, 0.3) is 0 Å². The minimum Gasteiger partial charge on any atom is -0.330 e. The molecule has 1 heterocycles. The van der Waals surface area contributed by atoms with Crippen LogP contribution in [0.25, 0.3) is 0 Å². The maximum absolute atomic E-state index is 13.2. The molecule has 86 valence electrons. The summed E-state index contributed by atoms with van der Waals surface area (Å²) in [5, 5.41) is 8.76. The van der Waals surface area contributed by atoms with Crippen LogP contribution >= 0.6 is 0 Å². The Morgan fingerprint density at radius 2 is 2.18 bits per heavy atom. The minimum atomic E-state index is -0.477. The van der Waals surface area contributed by atoms with E-state index >= 15 is 0 Å². The van der Waals surface area contributed by atoms with Gasteiger partial charge in [-0.3, -0.25) is 0 Å². The van der Waals surface area contributed by atoms with Crippen molar-refractivity contribution in [3.63, 3.8) is 0 Å². The van der Waals surface area contributed by atoms with Gasteiger partial charge in [-0.25, -0.2) is 9.37 Å². The number of benzene rings is 1. The fourth-order valence-electron chi connectivity index (χ4n) is 1.66. The van der Waals surface area contributed by atoms with Crippen LogP contribution < -0.4 is 0 Å². The average Bonchev–Trinajstić information content (AvgIpc) is 2.63. The van der Waals surface area contributed by atoms with Crippen LogP contribution in [-0.4, -0.2) is 9.55 Å². The van der Waals surface area contributed by atoms with Gasteiger partial charge < -0.3 is 4.57 Å². The van der Waals surface area contributed by atoms with Gasteiger partial charge >= 0.3 is 0 Å². The second-order valence-electron chi connectivity index (χ2n) is 3.97. The first-order valence-corrected chi connectivity index (χ1v) is 5.28. The van der Waals surface area contributed by atoms with Crippen LogP contribution in [0.4, 0.5) is 4.39 Å². The van der Waals surface area contributed by atoms with E-state index in [4.69, 9.17) is 5.26 Å². The fourth-order valence-corrected chi connectivity index (χ4v) is 1.66. The van der Waals surface area contributed by atoms with Crippen LogP contribution in [0.2, 0.25) is 0 Å². The van der Waals surface area contributed by atoms with Gasteiger partial charge in [0.1, 0.15) is 11.9 Å². The van der Waals surface area contributed by atoms with E-state index in [2.05, 4.69) is 4.98 Å². The minimum absolute atomic E-state index is 0.0805. The predicted octanol–water partition coefficient (Wildman–Crippen LogP) is 2.56. The number of rotatable bonds is 2. The quantitative estimate of drug-likeness (QED) is 0.794. The van der Waals surface area contributed by atoms with E-state index in [1.807, 2.05) is 24.5 Å².